The molecule has 0 radical (unpaired) electrons. The lowest BCUT2D eigenvalue weighted by Crippen LogP contribution is -2.05. The van der Waals surface area contributed by atoms with Crippen molar-refractivity contribution in [2.45, 2.75) is 18.9 Å². The largest absolute Gasteiger partial charge is 0.494 e. The van der Waals surface area contributed by atoms with Crippen LogP contribution in [0.1, 0.15) is 23.3 Å². The number of methoxy groups -OCH3 is 2. The molecule has 6 nitrogen and oxygen atoms in total. The van der Waals surface area contributed by atoms with Crippen LogP contribution >= 0.6 is 0 Å². The molecule has 1 aliphatic rings. The normalized spacial score (nSPS) is 13.3. The number of hydrogen-bond acceptors (Lipinski definition) is 5. The number of para-hydroxylation sites is 2. The maximum atomic E-state index is 12.1. The molecule has 1 aliphatic carbocycles. The molecule has 6 heteroatoms. The van der Waals surface area contributed by atoms with Gasteiger partial charge in [-0.1, -0.05) is 24.3 Å². The van der Waals surface area contributed by atoms with E-state index in [9.17, 15) is 4.79 Å². The summed E-state index contributed by atoms with van der Waals surface area (Å²) in [5.41, 5.74) is 2.61. The van der Waals surface area contributed by atoms with E-state index in [1.54, 1.807) is 17.9 Å². The summed E-state index contributed by atoms with van der Waals surface area (Å²) < 4.78 is 17.9. The molecule has 1 heterocycles. The van der Waals surface area contributed by atoms with E-state index in [0.717, 1.165) is 35.5 Å². The molecule has 0 N–H and O–H groups in total. The monoisotopic (exact) mass is 364 g/mol. The maximum Gasteiger partial charge on any atom is 0.358 e. The lowest BCUT2D eigenvalue weighted by atomic mass is 10.1. The molecule has 27 heavy (non-hydrogen) atoms. The number of benzene rings is 2. The topological polar surface area (TPSA) is 62.6 Å². The molecule has 2 aromatic carbocycles. The highest BCUT2D eigenvalue weighted by Gasteiger charge is 2.24. The van der Waals surface area contributed by atoms with Crippen LogP contribution in [0, 0.1) is 0 Å². The van der Waals surface area contributed by atoms with Gasteiger partial charge in [0.25, 0.3) is 0 Å². The summed E-state index contributed by atoms with van der Waals surface area (Å²) in [6, 6.07) is 17.0. The molecule has 1 aromatic heterocycles. The molecule has 0 bridgehead atoms. The SMILES string of the molecule is COC(=O)c1cc(-c2cccc(OC3CC3)c2)n(-c2ccccc2OC)n1. The Morgan fingerprint density at radius 3 is 2.63 bits per heavy atom. The molecule has 0 atom stereocenters. The first kappa shape index (κ1) is 17.1. The second kappa shape index (κ2) is 7.15. The van der Waals surface area contributed by atoms with E-state index >= 15 is 0 Å². The van der Waals surface area contributed by atoms with Gasteiger partial charge in [0.05, 0.1) is 26.0 Å². The van der Waals surface area contributed by atoms with Crippen molar-refractivity contribution in [1.29, 1.82) is 0 Å². The van der Waals surface area contributed by atoms with Gasteiger partial charge in [0.1, 0.15) is 17.2 Å². The van der Waals surface area contributed by atoms with Crippen LogP contribution in [0.3, 0.4) is 0 Å². The van der Waals surface area contributed by atoms with Gasteiger partial charge in [-0.25, -0.2) is 9.48 Å². The zero-order chi connectivity index (χ0) is 18.8. The molecular weight excluding hydrogens is 344 g/mol. The maximum absolute atomic E-state index is 12.1. The van der Waals surface area contributed by atoms with E-state index in [4.69, 9.17) is 14.2 Å². The van der Waals surface area contributed by atoms with Crippen molar-refractivity contribution < 1.29 is 19.0 Å². The summed E-state index contributed by atoms with van der Waals surface area (Å²) in [7, 11) is 2.95. The Labute approximate surface area is 157 Å². The first-order chi connectivity index (χ1) is 13.2. The van der Waals surface area contributed by atoms with Gasteiger partial charge in [-0.15, -0.1) is 0 Å². The molecule has 0 aliphatic heterocycles. The third-order valence-corrected chi connectivity index (χ3v) is 4.37. The fourth-order valence-corrected chi connectivity index (χ4v) is 2.89. The second-order valence-corrected chi connectivity index (χ2v) is 6.34. The summed E-state index contributed by atoms with van der Waals surface area (Å²) in [5, 5.41) is 4.46. The highest BCUT2D eigenvalue weighted by atomic mass is 16.5. The number of nitrogens with zero attached hydrogens (tertiary/aromatic N) is 2. The smallest absolute Gasteiger partial charge is 0.358 e. The standard InChI is InChI=1S/C21H20N2O4/c1-25-20-9-4-3-8-18(20)23-19(13-17(22-23)21(24)26-2)14-6-5-7-16(12-14)27-15-10-11-15/h3-9,12-13,15H,10-11H2,1-2H3. The molecule has 0 spiro atoms. The minimum atomic E-state index is -0.490. The summed E-state index contributed by atoms with van der Waals surface area (Å²) >= 11 is 0. The van der Waals surface area contributed by atoms with Gasteiger partial charge < -0.3 is 14.2 Å². The quantitative estimate of drug-likeness (QED) is 0.621. The van der Waals surface area contributed by atoms with Crippen molar-refractivity contribution in [3.05, 3.63) is 60.3 Å². The summed E-state index contributed by atoms with van der Waals surface area (Å²) in [6.45, 7) is 0. The van der Waals surface area contributed by atoms with Gasteiger partial charge in [-0.3, -0.25) is 0 Å². The lowest BCUT2D eigenvalue weighted by Gasteiger charge is -2.12. The van der Waals surface area contributed by atoms with Gasteiger partial charge in [0, 0.05) is 5.56 Å². The predicted octanol–water partition coefficient (Wildman–Crippen LogP) is 3.88. The van der Waals surface area contributed by atoms with E-state index in [2.05, 4.69) is 5.10 Å². The average Bonchev–Trinajstić information content (AvgIpc) is 3.41. The number of ether oxygens (including phenoxy) is 3. The van der Waals surface area contributed by atoms with Gasteiger partial charge in [0.2, 0.25) is 0 Å². The van der Waals surface area contributed by atoms with Crippen LogP contribution in [0.15, 0.2) is 54.6 Å². The van der Waals surface area contributed by atoms with Crippen molar-refractivity contribution in [2.75, 3.05) is 14.2 Å². The average molecular weight is 364 g/mol. The van der Waals surface area contributed by atoms with E-state index in [1.807, 2.05) is 48.5 Å². The number of carbonyl (C=O) groups is 1. The van der Waals surface area contributed by atoms with Crippen LogP contribution < -0.4 is 9.47 Å². The van der Waals surface area contributed by atoms with Crippen LogP contribution in [-0.2, 0) is 4.74 Å². The van der Waals surface area contributed by atoms with Gasteiger partial charge >= 0.3 is 5.97 Å². The second-order valence-electron chi connectivity index (χ2n) is 6.34. The highest BCUT2D eigenvalue weighted by molar-refractivity contribution is 5.89. The Morgan fingerprint density at radius 1 is 1.07 bits per heavy atom. The van der Waals surface area contributed by atoms with Crippen LogP contribution in [0.4, 0.5) is 0 Å². The Kier molecular flexibility index (Phi) is 4.54. The molecule has 3 aromatic rings. The summed E-state index contributed by atoms with van der Waals surface area (Å²) in [4.78, 5) is 12.1. The van der Waals surface area contributed by atoms with E-state index < -0.39 is 5.97 Å². The first-order valence-electron chi connectivity index (χ1n) is 8.78. The number of carbonyl (C=O) groups excluding carboxylic acids is 1. The fraction of sp³-hybridized carbons (Fsp3) is 0.238. The van der Waals surface area contributed by atoms with E-state index in [-0.39, 0.29) is 5.69 Å². The minimum absolute atomic E-state index is 0.229. The van der Waals surface area contributed by atoms with Gasteiger partial charge in [0.15, 0.2) is 5.69 Å². The van der Waals surface area contributed by atoms with Crippen LogP contribution in [-0.4, -0.2) is 36.1 Å². The Bertz CT molecular complexity index is 976. The third kappa shape index (κ3) is 3.51. The Hall–Kier alpha value is -3.28. The van der Waals surface area contributed by atoms with E-state index in [0.29, 0.717) is 11.9 Å². The first-order valence-corrected chi connectivity index (χ1v) is 8.78. The van der Waals surface area contributed by atoms with Gasteiger partial charge in [-0.05, 0) is 43.2 Å². The Morgan fingerprint density at radius 2 is 1.89 bits per heavy atom. The van der Waals surface area contributed by atoms with Crippen LogP contribution in [0.25, 0.3) is 16.9 Å². The highest BCUT2D eigenvalue weighted by Crippen LogP contribution is 2.33. The van der Waals surface area contributed by atoms with E-state index in [1.165, 1.54) is 7.11 Å². The number of esters is 1. The predicted molar refractivity (Wildman–Crippen MR) is 101 cm³/mol. The molecule has 0 saturated heterocycles. The van der Waals surface area contributed by atoms with Gasteiger partial charge in [-0.2, -0.15) is 5.10 Å². The minimum Gasteiger partial charge on any atom is -0.494 e. The van der Waals surface area contributed by atoms with Crippen molar-refractivity contribution in [1.82, 2.24) is 9.78 Å². The van der Waals surface area contributed by atoms with Crippen LogP contribution in [0.5, 0.6) is 11.5 Å². The van der Waals surface area contributed by atoms with Crippen molar-refractivity contribution in [3.63, 3.8) is 0 Å². The van der Waals surface area contributed by atoms with Crippen LogP contribution in [0.2, 0.25) is 0 Å². The molecule has 1 saturated carbocycles. The summed E-state index contributed by atoms with van der Waals surface area (Å²) in [6.07, 6.45) is 2.50. The summed E-state index contributed by atoms with van der Waals surface area (Å²) in [5.74, 6) is 0.973. The number of hydrogen-bond donors (Lipinski definition) is 0. The molecular formula is C21H20N2O4. The molecule has 0 amide bonds. The van der Waals surface area contributed by atoms with Crippen molar-refractivity contribution in [3.8, 4) is 28.4 Å². The zero-order valence-corrected chi connectivity index (χ0v) is 15.2. The molecule has 1 fully saturated rings. The Balaban J connectivity index is 1.83. The zero-order valence-electron chi connectivity index (χ0n) is 15.2. The van der Waals surface area contributed by atoms with Crippen molar-refractivity contribution in [2.24, 2.45) is 0 Å². The fourth-order valence-electron chi connectivity index (χ4n) is 2.89. The van der Waals surface area contributed by atoms with Crippen molar-refractivity contribution >= 4 is 5.97 Å². The number of rotatable bonds is 6. The molecule has 4 rings (SSSR count). The molecule has 138 valence electrons. The molecule has 0 unspecified atom stereocenters. The number of aromatic nitrogens is 2. The third-order valence-electron chi connectivity index (χ3n) is 4.37. The lowest BCUT2D eigenvalue weighted by molar-refractivity contribution is 0.0593.